The van der Waals surface area contributed by atoms with Crippen LogP contribution in [0.4, 0.5) is 0 Å². The molecule has 31 heavy (non-hydrogen) atoms. The van der Waals surface area contributed by atoms with E-state index in [1.54, 1.807) is 19.3 Å². The number of rotatable bonds is 7. The fourth-order valence-electron chi connectivity index (χ4n) is 3.66. The second-order valence-corrected chi connectivity index (χ2v) is 7.44. The van der Waals surface area contributed by atoms with Crippen LogP contribution in [0, 0.1) is 6.92 Å². The van der Waals surface area contributed by atoms with E-state index in [0.717, 1.165) is 21.9 Å². The number of nitrogens with one attached hydrogen (secondary N) is 1. The minimum atomic E-state index is -0.811. The number of amides is 1. The second-order valence-electron chi connectivity index (χ2n) is 7.44. The lowest BCUT2D eigenvalue weighted by molar-refractivity contribution is -0.121. The highest BCUT2D eigenvalue weighted by Crippen LogP contribution is 2.34. The maximum Gasteiger partial charge on any atom is 0.340 e. The van der Waals surface area contributed by atoms with Crippen LogP contribution in [-0.2, 0) is 16.0 Å². The fourth-order valence-corrected chi connectivity index (χ4v) is 3.66. The highest BCUT2D eigenvalue weighted by atomic mass is 16.5. The predicted molar refractivity (Wildman–Crippen MR) is 117 cm³/mol. The Bertz CT molecular complexity index is 1290. The Morgan fingerprint density at radius 2 is 1.94 bits per heavy atom. The third-order valence-electron chi connectivity index (χ3n) is 5.30. The van der Waals surface area contributed by atoms with E-state index in [4.69, 9.17) is 13.6 Å². The molecule has 0 unspecified atom stereocenters. The molecule has 7 heteroatoms. The molecule has 1 atom stereocenters. The molecule has 0 fully saturated rings. The lowest BCUT2D eigenvalue weighted by atomic mass is 9.99. The molecule has 1 amide bonds. The minimum Gasteiger partial charge on any atom is -0.464 e. The summed E-state index contributed by atoms with van der Waals surface area (Å²) in [6.07, 6.45) is 0.735. The molecule has 4 rings (SSSR count). The molecule has 2 N–H and O–H groups in total. The Balaban J connectivity index is 1.70. The van der Waals surface area contributed by atoms with E-state index in [2.05, 4.69) is 5.32 Å². The highest BCUT2D eigenvalue weighted by molar-refractivity contribution is 6.02. The molecule has 0 aliphatic rings. The number of aliphatic hydroxyl groups is 1. The molecule has 0 aliphatic heterocycles. The molecule has 0 bridgehead atoms. The largest absolute Gasteiger partial charge is 0.464 e. The van der Waals surface area contributed by atoms with Crippen molar-refractivity contribution < 1.29 is 23.5 Å². The number of methoxy groups -OCH3 is 1. The van der Waals surface area contributed by atoms with Gasteiger partial charge in [-0.2, -0.15) is 0 Å². The van der Waals surface area contributed by atoms with E-state index >= 15 is 0 Å². The summed E-state index contributed by atoms with van der Waals surface area (Å²) in [7, 11) is 1.47. The number of ether oxygens (including phenoxy) is 1. The molecule has 2 aromatic carbocycles. The number of furan rings is 1. The number of hydrogen-bond donors (Lipinski definition) is 2. The van der Waals surface area contributed by atoms with E-state index in [9.17, 15) is 14.7 Å². The van der Waals surface area contributed by atoms with Crippen LogP contribution in [0.3, 0.4) is 0 Å². The summed E-state index contributed by atoms with van der Waals surface area (Å²) in [6.45, 7) is 1.96. The average molecular weight is 421 g/mol. The Morgan fingerprint density at radius 3 is 2.68 bits per heavy atom. The SMILES string of the molecule is COC[C@@H](O)CNC(=O)Cc1c(C)c2cc3c(-c4ccccc4)coc3cc2oc1=O. The maximum atomic E-state index is 12.5. The van der Waals surface area contributed by atoms with Crippen molar-refractivity contribution in [3.05, 3.63) is 70.3 Å². The van der Waals surface area contributed by atoms with Gasteiger partial charge in [0.25, 0.3) is 0 Å². The normalized spacial score (nSPS) is 12.4. The molecule has 0 radical (unpaired) electrons. The van der Waals surface area contributed by atoms with E-state index in [-0.39, 0.29) is 31.0 Å². The third kappa shape index (κ3) is 4.23. The number of carbonyl (C=O) groups is 1. The summed E-state index contributed by atoms with van der Waals surface area (Å²) in [5.74, 6) is -0.376. The van der Waals surface area contributed by atoms with Crippen molar-refractivity contribution in [2.45, 2.75) is 19.4 Å². The van der Waals surface area contributed by atoms with E-state index < -0.39 is 11.7 Å². The van der Waals surface area contributed by atoms with Crippen LogP contribution in [0.2, 0.25) is 0 Å². The molecule has 160 valence electrons. The second kappa shape index (κ2) is 8.75. The zero-order valence-electron chi connectivity index (χ0n) is 17.3. The minimum absolute atomic E-state index is 0.0424. The molecule has 0 saturated heterocycles. The fraction of sp³-hybridized carbons (Fsp3) is 0.250. The molecular weight excluding hydrogens is 398 g/mol. The zero-order chi connectivity index (χ0) is 22.0. The Labute approximate surface area is 178 Å². The number of hydrogen-bond acceptors (Lipinski definition) is 6. The summed E-state index contributed by atoms with van der Waals surface area (Å²) in [4.78, 5) is 24.9. The van der Waals surface area contributed by atoms with Gasteiger partial charge in [0.2, 0.25) is 5.91 Å². The van der Waals surface area contributed by atoms with Gasteiger partial charge in [-0.1, -0.05) is 30.3 Å². The van der Waals surface area contributed by atoms with Crippen LogP contribution >= 0.6 is 0 Å². The smallest absolute Gasteiger partial charge is 0.340 e. The summed E-state index contributed by atoms with van der Waals surface area (Å²) >= 11 is 0. The van der Waals surface area contributed by atoms with Crippen LogP contribution in [0.25, 0.3) is 33.1 Å². The van der Waals surface area contributed by atoms with Gasteiger partial charge in [-0.05, 0) is 24.1 Å². The first kappa shape index (κ1) is 20.8. The monoisotopic (exact) mass is 421 g/mol. The van der Waals surface area contributed by atoms with Gasteiger partial charge in [0.1, 0.15) is 11.2 Å². The molecular formula is C24H23NO6. The molecule has 0 spiro atoms. The van der Waals surface area contributed by atoms with Gasteiger partial charge in [0, 0.05) is 36.1 Å². The Morgan fingerprint density at radius 1 is 1.16 bits per heavy atom. The number of benzene rings is 2. The van der Waals surface area contributed by atoms with E-state index in [1.165, 1.54) is 7.11 Å². The van der Waals surface area contributed by atoms with Gasteiger partial charge in [0.15, 0.2) is 0 Å². The molecule has 2 heterocycles. The lowest BCUT2D eigenvalue weighted by Gasteiger charge is -2.12. The highest BCUT2D eigenvalue weighted by Gasteiger charge is 2.18. The van der Waals surface area contributed by atoms with Gasteiger partial charge in [-0.25, -0.2) is 4.79 Å². The van der Waals surface area contributed by atoms with Crippen LogP contribution in [0.1, 0.15) is 11.1 Å². The average Bonchev–Trinajstić information content (AvgIpc) is 3.18. The van der Waals surface area contributed by atoms with E-state index in [1.807, 2.05) is 36.4 Å². The molecule has 0 aliphatic carbocycles. The topological polar surface area (TPSA) is 102 Å². The predicted octanol–water partition coefficient (Wildman–Crippen LogP) is 3.18. The molecule has 0 saturated carbocycles. The molecule has 4 aromatic rings. The van der Waals surface area contributed by atoms with E-state index in [0.29, 0.717) is 16.7 Å². The number of carbonyl (C=O) groups excluding carboxylic acids is 1. The quantitative estimate of drug-likeness (QED) is 0.445. The van der Waals surface area contributed by atoms with Crippen molar-refractivity contribution >= 4 is 27.8 Å². The first-order valence-corrected chi connectivity index (χ1v) is 9.94. The first-order chi connectivity index (χ1) is 15.0. The molecule has 2 aromatic heterocycles. The van der Waals surface area contributed by atoms with Crippen LogP contribution in [0.5, 0.6) is 0 Å². The number of aliphatic hydroxyl groups excluding tert-OH is 1. The van der Waals surface area contributed by atoms with Crippen LogP contribution < -0.4 is 10.9 Å². The summed E-state index contributed by atoms with van der Waals surface area (Å²) in [5.41, 5.74) is 3.39. The lowest BCUT2D eigenvalue weighted by Crippen LogP contribution is -2.36. The van der Waals surface area contributed by atoms with Gasteiger partial charge in [0.05, 0.1) is 31.0 Å². The summed E-state index contributed by atoms with van der Waals surface area (Å²) < 4.78 is 16.0. The zero-order valence-corrected chi connectivity index (χ0v) is 17.3. The van der Waals surface area contributed by atoms with Gasteiger partial charge >= 0.3 is 5.63 Å². The first-order valence-electron chi connectivity index (χ1n) is 9.94. The van der Waals surface area contributed by atoms with Gasteiger partial charge in [-0.15, -0.1) is 0 Å². The van der Waals surface area contributed by atoms with Gasteiger partial charge < -0.3 is 24.0 Å². The van der Waals surface area contributed by atoms with Gasteiger partial charge in [-0.3, -0.25) is 4.79 Å². The standard InChI is InChI=1S/C24H23NO6/c1-14-17-8-19-20(15-6-4-3-5-7-15)13-30-21(19)10-22(17)31-24(28)18(14)9-23(27)25-11-16(26)12-29-2/h3-8,10,13,16,26H,9,11-12H2,1-2H3,(H,25,27)/t16-/m0/s1. The molecule has 7 nitrogen and oxygen atoms in total. The van der Waals surface area contributed by atoms with Crippen molar-refractivity contribution in [1.29, 1.82) is 0 Å². The van der Waals surface area contributed by atoms with Crippen molar-refractivity contribution in [2.75, 3.05) is 20.3 Å². The maximum absolute atomic E-state index is 12.5. The van der Waals surface area contributed by atoms with Crippen LogP contribution in [-0.4, -0.2) is 37.4 Å². The third-order valence-corrected chi connectivity index (χ3v) is 5.30. The van der Waals surface area contributed by atoms with Crippen molar-refractivity contribution in [2.24, 2.45) is 0 Å². The number of fused-ring (bicyclic) bond motifs is 2. The van der Waals surface area contributed by atoms with Crippen molar-refractivity contribution in [3.8, 4) is 11.1 Å². The van der Waals surface area contributed by atoms with Crippen molar-refractivity contribution in [1.82, 2.24) is 5.32 Å². The number of aryl methyl sites for hydroxylation is 1. The Hall–Kier alpha value is -3.42. The van der Waals surface area contributed by atoms with Crippen molar-refractivity contribution in [3.63, 3.8) is 0 Å². The Kier molecular flexibility index (Phi) is 5.88. The summed E-state index contributed by atoms with van der Waals surface area (Å²) in [5, 5.41) is 13.9. The summed E-state index contributed by atoms with van der Waals surface area (Å²) in [6, 6.07) is 13.5. The van der Waals surface area contributed by atoms with Crippen LogP contribution in [0.15, 0.2) is 62.4 Å².